The Hall–Kier alpha value is -2.03. The van der Waals surface area contributed by atoms with E-state index in [-0.39, 0.29) is 18.0 Å². The monoisotopic (exact) mass is 391 g/mol. The van der Waals surface area contributed by atoms with Crippen molar-refractivity contribution in [3.63, 3.8) is 0 Å². The van der Waals surface area contributed by atoms with Crippen LogP contribution in [0.15, 0.2) is 35.1 Å². The minimum absolute atomic E-state index is 0.000767. The summed E-state index contributed by atoms with van der Waals surface area (Å²) >= 11 is 6.72. The number of methoxy groups -OCH3 is 1. The minimum Gasteiger partial charge on any atom is -0.497 e. The van der Waals surface area contributed by atoms with E-state index >= 15 is 0 Å². The van der Waals surface area contributed by atoms with Gasteiger partial charge in [-0.05, 0) is 49.1 Å². The van der Waals surface area contributed by atoms with E-state index in [1.54, 1.807) is 18.1 Å². The SMILES string of the molecule is COc1ccc(-c2cc(=O)n(CC(=O)N3CCN(C)CC3)c(=S)s2)cc1. The molecule has 1 aromatic carbocycles. The van der Waals surface area contributed by atoms with Gasteiger partial charge in [-0.25, -0.2) is 0 Å². The van der Waals surface area contributed by atoms with Crippen LogP contribution in [0.5, 0.6) is 5.75 Å². The largest absolute Gasteiger partial charge is 0.497 e. The van der Waals surface area contributed by atoms with Crippen LogP contribution in [0.2, 0.25) is 0 Å². The van der Waals surface area contributed by atoms with Gasteiger partial charge in [-0.2, -0.15) is 0 Å². The standard InChI is InChI=1S/C18H21N3O3S2/c1-19-7-9-20(10-8-19)17(23)12-21-16(22)11-15(26-18(21)25)13-3-5-14(24-2)6-4-13/h3-6,11H,7-10,12H2,1-2H3. The number of hydrogen-bond acceptors (Lipinski definition) is 6. The molecule has 138 valence electrons. The second kappa shape index (κ2) is 8.11. The third-order valence-corrected chi connectivity index (χ3v) is 5.90. The van der Waals surface area contributed by atoms with Crippen LogP contribution >= 0.6 is 23.6 Å². The molecule has 0 spiro atoms. The predicted octanol–water partition coefficient (Wildman–Crippen LogP) is 2.09. The smallest absolute Gasteiger partial charge is 0.254 e. The number of aromatic nitrogens is 1. The second-order valence-electron chi connectivity index (χ2n) is 6.21. The summed E-state index contributed by atoms with van der Waals surface area (Å²) in [6.45, 7) is 3.07. The van der Waals surface area contributed by atoms with Crippen molar-refractivity contribution in [3.8, 4) is 16.2 Å². The van der Waals surface area contributed by atoms with E-state index in [1.165, 1.54) is 15.9 Å². The van der Waals surface area contributed by atoms with Crippen LogP contribution in [0, 0.1) is 3.95 Å². The van der Waals surface area contributed by atoms with Crippen molar-refractivity contribution in [2.24, 2.45) is 0 Å². The van der Waals surface area contributed by atoms with Crippen LogP contribution in [0.1, 0.15) is 0 Å². The average molecular weight is 392 g/mol. The molecule has 0 aliphatic carbocycles. The number of amides is 1. The van der Waals surface area contributed by atoms with E-state index in [9.17, 15) is 9.59 Å². The van der Waals surface area contributed by atoms with Crippen LogP contribution < -0.4 is 10.3 Å². The van der Waals surface area contributed by atoms with E-state index < -0.39 is 0 Å². The molecule has 0 bridgehead atoms. The number of hydrogen-bond donors (Lipinski definition) is 0. The molecule has 2 aromatic rings. The molecule has 1 aliphatic heterocycles. The highest BCUT2D eigenvalue weighted by Gasteiger charge is 2.20. The Morgan fingerprint density at radius 2 is 1.85 bits per heavy atom. The maximum absolute atomic E-state index is 12.5. The molecule has 1 fully saturated rings. The van der Waals surface area contributed by atoms with Gasteiger partial charge in [-0.3, -0.25) is 14.2 Å². The maximum atomic E-state index is 12.5. The first-order chi connectivity index (χ1) is 12.5. The number of rotatable bonds is 4. The molecule has 0 saturated carbocycles. The van der Waals surface area contributed by atoms with Crippen molar-refractivity contribution in [3.05, 3.63) is 44.6 Å². The third-order valence-electron chi connectivity index (χ3n) is 4.46. The summed E-state index contributed by atoms with van der Waals surface area (Å²) in [5.41, 5.74) is 0.651. The zero-order valence-electron chi connectivity index (χ0n) is 14.8. The number of likely N-dealkylation sites (N-methyl/N-ethyl adjacent to an activating group) is 1. The summed E-state index contributed by atoms with van der Waals surface area (Å²) in [6, 6.07) is 9.00. The Labute approximate surface area is 161 Å². The molecule has 0 unspecified atom stereocenters. The molecule has 1 aromatic heterocycles. The molecular weight excluding hydrogens is 370 g/mol. The van der Waals surface area contributed by atoms with Crippen LogP contribution in [-0.2, 0) is 11.3 Å². The van der Waals surface area contributed by atoms with Crippen LogP contribution in [0.3, 0.4) is 0 Å². The molecule has 6 nitrogen and oxygen atoms in total. The maximum Gasteiger partial charge on any atom is 0.254 e. The first-order valence-corrected chi connectivity index (χ1v) is 9.56. The Morgan fingerprint density at radius 1 is 1.19 bits per heavy atom. The van der Waals surface area contributed by atoms with Crippen LogP contribution in [0.25, 0.3) is 10.4 Å². The zero-order valence-corrected chi connectivity index (χ0v) is 16.4. The molecule has 0 atom stereocenters. The fraction of sp³-hybridized carbons (Fsp3) is 0.389. The lowest BCUT2D eigenvalue weighted by atomic mass is 10.2. The van der Waals surface area contributed by atoms with E-state index in [0.717, 1.165) is 29.3 Å². The lowest BCUT2D eigenvalue weighted by molar-refractivity contribution is -0.133. The Balaban J connectivity index is 1.80. The quantitative estimate of drug-likeness (QED) is 0.747. The van der Waals surface area contributed by atoms with Gasteiger partial charge in [0.05, 0.1) is 7.11 Å². The van der Waals surface area contributed by atoms with Gasteiger partial charge in [0, 0.05) is 37.1 Å². The Morgan fingerprint density at radius 3 is 2.42 bits per heavy atom. The van der Waals surface area contributed by atoms with E-state index in [1.807, 2.05) is 31.3 Å². The first-order valence-electron chi connectivity index (χ1n) is 8.33. The summed E-state index contributed by atoms with van der Waals surface area (Å²) in [4.78, 5) is 29.8. The van der Waals surface area contributed by atoms with Gasteiger partial charge in [0.2, 0.25) is 5.91 Å². The summed E-state index contributed by atoms with van der Waals surface area (Å²) < 4.78 is 6.94. The number of benzene rings is 1. The topological polar surface area (TPSA) is 54.8 Å². The van der Waals surface area contributed by atoms with Crippen LogP contribution in [0.4, 0.5) is 0 Å². The highest BCUT2D eigenvalue weighted by Crippen LogP contribution is 2.25. The summed E-state index contributed by atoms with van der Waals surface area (Å²) in [6.07, 6.45) is 0. The molecule has 1 aliphatic rings. The number of ether oxygens (including phenoxy) is 1. The summed E-state index contributed by atoms with van der Waals surface area (Å²) in [5.74, 6) is 0.694. The fourth-order valence-corrected chi connectivity index (χ4v) is 4.08. The van der Waals surface area contributed by atoms with E-state index in [4.69, 9.17) is 17.0 Å². The molecule has 1 amide bonds. The fourth-order valence-electron chi connectivity index (χ4n) is 2.79. The molecule has 26 heavy (non-hydrogen) atoms. The van der Waals surface area contributed by atoms with Crippen molar-refractivity contribution in [1.29, 1.82) is 0 Å². The van der Waals surface area contributed by atoms with Crippen molar-refractivity contribution in [2.45, 2.75) is 6.54 Å². The van der Waals surface area contributed by atoms with Gasteiger partial charge >= 0.3 is 0 Å². The molecule has 8 heteroatoms. The number of carbonyl (C=O) groups excluding carboxylic acids is 1. The molecule has 1 saturated heterocycles. The third kappa shape index (κ3) is 4.20. The van der Waals surface area contributed by atoms with Gasteiger partial charge in [0.25, 0.3) is 5.56 Å². The Kier molecular flexibility index (Phi) is 5.85. The van der Waals surface area contributed by atoms with Crippen molar-refractivity contribution >= 4 is 29.5 Å². The van der Waals surface area contributed by atoms with Crippen molar-refractivity contribution in [1.82, 2.24) is 14.4 Å². The highest BCUT2D eigenvalue weighted by molar-refractivity contribution is 7.73. The van der Waals surface area contributed by atoms with E-state index in [0.29, 0.717) is 17.0 Å². The molecular formula is C18H21N3O3S2. The second-order valence-corrected chi connectivity index (χ2v) is 7.89. The average Bonchev–Trinajstić information content (AvgIpc) is 2.65. The molecule has 2 heterocycles. The Bertz CT molecular complexity index is 866. The van der Waals surface area contributed by atoms with Gasteiger partial charge in [0.15, 0.2) is 3.95 Å². The van der Waals surface area contributed by atoms with Crippen molar-refractivity contribution < 1.29 is 9.53 Å². The van der Waals surface area contributed by atoms with Gasteiger partial charge in [0.1, 0.15) is 12.3 Å². The number of nitrogens with zero attached hydrogens (tertiary/aromatic N) is 3. The van der Waals surface area contributed by atoms with Crippen molar-refractivity contribution in [2.75, 3.05) is 40.3 Å². The lowest BCUT2D eigenvalue weighted by Gasteiger charge is -2.32. The van der Waals surface area contributed by atoms with Gasteiger partial charge in [-0.15, -0.1) is 11.3 Å². The van der Waals surface area contributed by atoms with Crippen LogP contribution in [-0.4, -0.2) is 60.6 Å². The number of piperazine rings is 1. The minimum atomic E-state index is -0.248. The predicted molar refractivity (Wildman–Crippen MR) is 105 cm³/mol. The van der Waals surface area contributed by atoms with Gasteiger partial charge < -0.3 is 14.5 Å². The molecule has 0 N–H and O–H groups in total. The zero-order chi connectivity index (χ0) is 18.7. The molecule has 3 rings (SSSR count). The lowest BCUT2D eigenvalue weighted by Crippen LogP contribution is -2.48. The van der Waals surface area contributed by atoms with E-state index in [2.05, 4.69) is 4.90 Å². The normalized spacial score (nSPS) is 15.1. The summed E-state index contributed by atoms with van der Waals surface area (Å²) in [5, 5.41) is 0. The summed E-state index contributed by atoms with van der Waals surface area (Å²) in [7, 11) is 3.64. The molecule has 0 radical (unpaired) electrons. The van der Waals surface area contributed by atoms with Gasteiger partial charge in [-0.1, -0.05) is 0 Å². The highest BCUT2D eigenvalue weighted by atomic mass is 32.1. The first kappa shape index (κ1) is 18.8. The number of carbonyl (C=O) groups is 1.